The number of para-hydroxylation sites is 1. The zero-order valence-corrected chi connectivity index (χ0v) is 18.6. The smallest absolute Gasteiger partial charge is 0.451 e. The molecule has 1 atom stereocenters. The number of fused-ring (bicyclic) bond motifs is 1. The van der Waals surface area contributed by atoms with Crippen LogP contribution in [0.1, 0.15) is 26.8 Å². The highest BCUT2D eigenvalue weighted by molar-refractivity contribution is 5.97. The van der Waals surface area contributed by atoms with Crippen LogP contribution in [0.5, 0.6) is 0 Å². The molecule has 12 heteroatoms. The summed E-state index contributed by atoms with van der Waals surface area (Å²) in [6.45, 7) is 1.08. The summed E-state index contributed by atoms with van der Waals surface area (Å²) in [5, 5.41) is 6.91. The molecule has 186 valence electrons. The minimum atomic E-state index is -4.74. The van der Waals surface area contributed by atoms with E-state index < -0.39 is 24.0 Å². The van der Waals surface area contributed by atoms with Gasteiger partial charge in [-0.2, -0.15) is 18.2 Å². The van der Waals surface area contributed by atoms with Crippen molar-refractivity contribution in [1.29, 1.82) is 0 Å². The Morgan fingerprint density at radius 3 is 2.61 bits per heavy atom. The van der Waals surface area contributed by atoms with Gasteiger partial charge in [-0.25, -0.2) is 0 Å². The molecular formula is C24H19F3N4O5. The van der Waals surface area contributed by atoms with Gasteiger partial charge >= 0.3 is 12.1 Å². The first-order chi connectivity index (χ1) is 17.3. The van der Waals surface area contributed by atoms with Crippen molar-refractivity contribution in [3.8, 4) is 11.4 Å². The number of furan rings is 1. The molecule has 1 aliphatic rings. The molecule has 36 heavy (non-hydrogen) atoms. The highest BCUT2D eigenvalue weighted by Gasteiger charge is 2.38. The number of nitrogens with one attached hydrogen (secondary N) is 1. The van der Waals surface area contributed by atoms with Gasteiger partial charge in [0.1, 0.15) is 5.58 Å². The van der Waals surface area contributed by atoms with Crippen LogP contribution in [0.4, 0.5) is 13.2 Å². The fourth-order valence-electron chi connectivity index (χ4n) is 3.86. The summed E-state index contributed by atoms with van der Waals surface area (Å²) >= 11 is 0. The Balaban J connectivity index is 1.23. The van der Waals surface area contributed by atoms with E-state index in [1.165, 1.54) is 24.3 Å². The molecule has 2 amide bonds. The van der Waals surface area contributed by atoms with E-state index in [-0.39, 0.29) is 41.8 Å². The Hall–Kier alpha value is -4.19. The number of amides is 2. The molecule has 2 aromatic heterocycles. The highest BCUT2D eigenvalue weighted by Crippen LogP contribution is 2.29. The average molecular weight is 500 g/mol. The van der Waals surface area contributed by atoms with Gasteiger partial charge < -0.3 is 23.9 Å². The summed E-state index contributed by atoms with van der Waals surface area (Å²) in [6.07, 6.45) is -4.74. The quantitative estimate of drug-likeness (QED) is 0.444. The molecular weight excluding hydrogens is 481 g/mol. The number of alkyl halides is 3. The van der Waals surface area contributed by atoms with E-state index in [1.807, 2.05) is 18.2 Å². The third kappa shape index (κ3) is 4.80. The lowest BCUT2D eigenvalue weighted by atomic mass is 10.1. The van der Waals surface area contributed by atoms with Gasteiger partial charge in [0, 0.05) is 29.6 Å². The normalized spacial score (nSPS) is 16.3. The molecule has 4 aromatic rings. The SMILES string of the molecule is O=C(NC[C@@H]1COCCN1C(=O)c1cc2ccccc2o1)c1ccc(-c2noc(C(F)(F)F)n2)cc1. The van der Waals surface area contributed by atoms with Crippen molar-refractivity contribution in [3.63, 3.8) is 0 Å². The number of hydrogen-bond donors (Lipinski definition) is 1. The van der Waals surface area contributed by atoms with Crippen LogP contribution < -0.4 is 5.32 Å². The zero-order valence-electron chi connectivity index (χ0n) is 18.6. The molecule has 0 aliphatic carbocycles. The molecule has 0 bridgehead atoms. The minimum absolute atomic E-state index is 0.131. The Morgan fingerprint density at radius 1 is 1.11 bits per heavy atom. The summed E-state index contributed by atoms with van der Waals surface area (Å²) in [4.78, 5) is 30.7. The van der Waals surface area contributed by atoms with Crippen LogP contribution in [0, 0.1) is 0 Å². The number of nitrogens with zero attached hydrogens (tertiary/aromatic N) is 3. The molecule has 9 nitrogen and oxygen atoms in total. The standard InChI is InChI=1S/C24H19F3N4O5/c25-24(26,27)23-29-20(30-36-23)14-5-7-15(8-6-14)21(32)28-12-17-13-34-10-9-31(17)22(33)19-11-16-3-1-2-4-18(16)35-19/h1-8,11,17H,9-10,12-13H2,(H,28,32)/t17-/m1/s1. The van der Waals surface area contributed by atoms with Crippen molar-refractivity contribution in [1.82, 2.24) is 20.4 Å². The number of ether oxygens (including phenoxy) is 1. The molecule has 3 heterocycles. The monoisotopic (exact) mass is 500 g/mol. The first-order valence-electron chi connectivity index (χ1n) is 11.0. The maximum atomic E-state index is 13.1. The van der Waals surface area contributed by atoms with E-state index in [0.717, 1.165) is 5.39 Å². The van der Waals surface area contributed by atoms with E-state index in [2.05, 4.69) is 20.0 Å². The maximum Gasteiger partial charge on any atom is 0.471 e. The number of hydrogen-bond acceptors (Lipinski definition) is 7. The van der Waals surface area contributed by atoms with Gasteiger partial charge in [-0.05, 0) is 24.3 Å². The van der Waals surface area contributed by atoms with Gasteiger partial charge in [-0.1, -0.05) is 35.5 Å². The maximum absolute atomic E-state index is 13.1. The first kappa shape index (κ1) is 23.5. The van der Waals surface area contributed by atoms with Crippen molar-refractivity contribution >= 4 is 22.8 Å². The van der Waals surface area contributed by atoms with Crippen LogP contribution in [-0.2, 0) is 10.9 Å². The lowest BCUT2D eigenvalue weighted by Crippen LogP contribution is -2.53. The van der Waals surface area contributed by atoms with E-state index in [1.54, 1.807) is 17.0 Å². The lowest BCUT2D eigenvalue weighted by Gasteiger charge is -2.35. The topological polar surface area (TPSA) is 111 Å². The van der Waals surface area contributed by atoms with Crippen LogP contribution in [0.3, 0.4) is 0 Å². The number of aromatic nitrogens is 2. The van der Waals surface area contributed by atoms with Crippen LogP contribution in [-0.4, -0.2) is 59.2 Å². The largest absolute Gasteiger partial charge is 0.471 e. The molecule has 0 radical (unpaired) electrons. The van der Waals surface area contributed by atoms with Crippen LogP contribution in [0.2, 0.25) is 0 Å². The average Bonchev–Trinajstić information content (AvgIpc) is 3.55. The fraction of sp³-hybridized carbons (Fsp3) is 0.250. The van der Waals surface area contributed by atoms with Crippen LogP contribution in [0.15, 0.2) is 63.5 Å². The highest BCUT2D eigenvalue weighted by atomic mass is 19.4. The predicted molar refractivity (Wildman–Crippen MR) is 119 cm³/mol. The van der Waals surface area contributed by atoms with Crippen molar-refractivity contribution in [2.75, 3.05) is 26.3 Å². The molecule has 2 aromatic carbocycles. The zero-order chi connectivity index (χ0) is 25.3. The van der Waals surface area contributed by atoms with E-state index in [0.29, 0.717) is 18.7 Å². The van der Waals surface area contributed by atoms with Gasteiger partial charge in [0.2, 0.25) is 5.82 Å². The second-order valence-corrected chi connectivity index (χ2v) is 8.08. The van der Waals surface area contributed by atoms with Crippen molar-refractivity contribution < 1.29 is 36.4 Å². The number of benzene rings is 2. The Kier molecular flexibility index (Phi) is 6.18. The Bertz CT molecular complexity index is 1360. The molecule has 0 spiro atoms. The minimum Gasteiger partial charge on any atom is -0.451 e. The third-order valence-electron chi connectivity index (χ3n) is 5.70. The first-order valence-corrected chi connectivity index (χ1v) is 11.0. The van der Waals surface area contributed by atoms with E-state index >= 15 is 0 Å². The van der Waals surface area contributed by atoms with E-state index in [4.69, 9.17) is 9.15 Å². The van der Waals surface area contributed by atoms with Crippen LogP contribution >= 0.6 is 0 Å². The van der Waals surface area contributed by atoms with Gasteiger partial charge in [0.05, 0.1) is 19.3 Å². The molecule has 0 unspecified atom stereocenters. The fourth-order valence-corrected chi connectivity index (χ4v) is 3.86. The summed E-state index contributed by atoms with van der Waals surface area (Å²) in [6, 6.07) is 14.3. The number of carbonyl (C=O) groups excluding carboxylic acids is 2. The van der Waals surface area contributed by atoms with Gasteiger partial charge in [-0.15, -0.1) is 0 Å². The lowest BCUT2D eigenvalue weighted by molar-refractivity contribution is -0.159. The summed E-state index contributed by atoms with van der Waals surface area (Å²) in [5.41, 5.74) is 1.14. The number of morpholine rings is 1. The summed E-state index contributed by atoms with van der Waals surface area (Å²) in [5.74, 6) is -2.20. The van der Waals surface area contributed by atoms with Crippen LogP contribution in [0.25, 0.3) is 22.4 Å². The Labute approximate surface area is 201 Å². The molecule has 0 saturated carbocycles. The molecule has 1 aliphatic heterocycles. The molecule has 1 fully saturated rings. The summed E-state index contributed by atoms with van der Waals surface area (Å²) in [7, 11) is 0. The second kappa shape index (κ2) is 9.46. The molecule has 1 saturated heterocycles. The van der Waals surface area contributed by atoms with Gasteiger partial charge in [-0.3, -0.25) is 9.59 Å². The van der Waals surface area contributed by atoms with E-state index in [9.17, 15) is 22.8 Å². The van der Waals surface area contributed by atoms with Crippen molar-refractivity contribution in [2.24, 2.45) is 0 Å². The van der Waals surface area contributed by atoms with Gasteiger partial charge in [0.25, 0.3) is 11.8 Å². The number of rotatable bonds is 5. The molecule has 5 rings (SSSR count). The number of halogens is 3. The predicted octanol–water partition coefficient (Wildman–Crippen LogP) is 3.77. The summed E-state index contributed by atoms with van der Waals surface area (Å²) < 4.78 is 53.4. The Morgan fingerprint density at radius 2 is 1.89 bits per heavy atom. The van der Waals surface area contributed by atoms with Crippen molar-refractivity contribution in [2.45, 2.75) is 12.2 Å². The van der Waals surface area contributed by atoms with Crippen molar-refractivity contribution in [3.05, 3.63) is 71.8 Å². The molecule has 1 N–H and O–H groups in total. The third-order valence-corrected chi connectivity index (χ3v) is 5.70. The van der Waals surface area contributed by atoms with Gasteiger partial charge in [0.15, 0.2) is 5.76 Å². The number of carbonyl (C=O) groups is 2. The second-order valence-electron chi connectivity index (χ2n) is 8.08.